The Morgan fingerprint density at radius 3 is 1.39 bits per heavy atom. The van der Waals surface area contributed by atoms with Gasteiger partial charge in [-0.15, -0.1) is 0 Å². The molecule has 94 valence electrons. The highest BCUT2D eigenvalue weighted by Crippen LogP contribution is 2.42. The third kappa shape index (κ3) is 3.00. The van der Waals surface area contributed by atoms with Crippen molar-refractivity contribution in [3.05, 3.63) is 60.7 Å². The summed E-state index contributed by atoms with van der Waals surface area (Å²) in [5, 5.41) is 2.97. The van der Waals surface area contributed by atoms with E-state index in [1.807, 2.05) is 0 Å². The zero-order valence-electron chi connectivity index (χ0n) is 11.4. The van der Waals surface area contributed by atoms with Crippen molar-refractivity contribution in [3.63, 3.8) is 0 Å². The van der Waals surface area contributed by atoms with Gasteiger partial charge in [-0.05, 0) is 30.1 Å². The van der Waals surface area contributed by atoms with E-state index in [0.717, 1.165) is 0 Å². The SMILES string of the molecule is CC(C)[C@H](C)P(c1ccccc1)c1ccccc1. The molecule has 0 bridgehead atoms. The van der Waals surface area contributed by atoms with E-state index in [9.17, 15) is 0 Å². The fourth-order valence-electron chi connectivity index (χ4n) is 2.09. The normalized spacial score (nSPS) is 12.9. The zero-order valence-corrected chi connectivity index (χ0v) is 12.3. The van der Waals surface area contributed by atoms with Gasteiger partial charge in [0.25, 0.3) is 0 Å². The molecule has 2 rings (SSSR count). The smallest absolute Gasteiger partial charge is 0.0134 e. The maximum absolute atomic E-state index is 2.39. The molecule has 2 aromatic carbocycles. The number of rotatable bonds is 4. The Morgan fingerprint density at radius 2 is 1.06 bits per heavy atom. The van der Waals surface area contributed by atoms with Crippen LogP contribution >= 0.6 is 7.92 Å². The standard InChI is InChI=1S/C17H21P/c1-14(2)15(3)18(16-10-6-4-7-11-16)17-12-8-5-9-13-17/h4-15H,1-3H3/t15-/m0/s1. The summed E-state index contributed by atoms with van der Waals surface area (Å²) in [7, 11) is -0.252. The second kappa shape index (κ2) is 6.16. The maximum atomic E-state index is 2.39. The molecule has 1 atom stereocenters. The Labute approximate surface area is 112 Å². The number of hydrogen-bond acceptors (Lipinski definition) is 0. The van der Waals surface area contributed by atoms with E-state index >= 15 is 0 Å². The van der Waals surface area contributed by atoms with Gasteiger partial charge in [0, 0.05) is 0 Å². The second-order valence-electron chi connectivity index (χ2n) is 5.03. The van der Waals surface area contributed by atoms with E-state index in [2.05, 4.69) is 81.4 Å². The minimum absolute atomic E-state index is 0.252. The molecule has 0 unspecified atom stereocenters. The van der Waals surface area contributed by atoms with E-state index < -0.39 is 0 Å². The Hall–Kier alpha value is -1.13. The van der Waals surface area contributed by atoms with Crippen molar-refractivity contribution in [3.8, 4) is 0 Å². The molecule has 0 aliphatic heterocycles. The second-order valence-corrected chi connectivity index (χ2v) is 7.61. The molecule has 0 N–H and O–H groups in total. The molecule has 0 saturated carbocycles. The van der Waals surface area contributed by atoms with Crippen LogP contribution in [-0.2, 0) is 0 Å². The van der Waals surface area contributed by atoms with E-state index in [4.69, 9.17) is 0 Å². The summed E-state index contributed by atoms with van der Waals surface area (Å²) in [6, 6.07) is 21.9. The van der Waals surface area contributed by atoms with E-state index in [1.165, 1.54) is 10.6 Å². The lowest BCUT2D eigenvalue weighted by Crippen LogP contribution is -2.23. The molecule has 0 saturated heterocycles. The predicted octanol–water partition coefficient (Wildman–Crippen LogP) is 4.16. The molecular weight excluding hydrogens is 235 g/mol. The summed E-state index contributed by atoms with van der Waals surface area (Å²) in [6.07, 6.45) is 0. The summed E-state index contributed by atoms with van der Waals surface area (Å²) in [6.45, 7) is 7.04. The van der Waals surface area contributed by atoms with Gasteiger partial charge in [-0.2, -0.15) is 0 Å². The van der Waals surface area contributed by atoms with Gasteiger partial charge in [-0.1, -0.05) is 81.4 Å². The predicted molar refractivity (Wildman–Crippen MR) is 83.4 cm³/mol. The van der Waals surface area contributed by atoms with Crippen LogP contribution in [0.5, 0.6) is 0 Å². The molecule has 0 spiro atoms. The van der Waals surface area contributed by atoms with Crippen molar-refractivity contribution in [1.29, 1.82) is 0 Å². The van der Waals surface area contributed by atoms with Crippen molar-refractivity contribution >= 4 is 18.5 Å². The third-order valence-electron chi connectivity index (χ3n) is 3.44. The lowest BCUT2D eigenvalue weighted by atomic mass is 10.2. The third-order valence-corrected chi connectivity index (χ3v) is 6.56. The fraction of sp³-hybridized carbons (Fsp3) is 0.294. The lowest BCUT2D eigenvalue weighted by Gasteiger charge is -2.28. The first-order valence-electron chi connectivity index (χ1n) is 6.59. The molecule has 0 fully saturated rings. The molecule has 2 aromatic rings. The van der Waals surface area contributed by atoms with E-state index in [0.29, 0.717) is 11.6 Å². The average Bonchev–Trinajstić information content (AvgIpc) is 2.41. The summed E-state index contributed by atoms with van der Waals surface area (Å²) in [4.78, 5) is 0. The Bertz CT molecular complexity index is 422. The maximum Gasteiger partial charge on any atom is -0.0134 e. The van der Waals surface area contributed by atoms with Gasteiger partial charge in [0.2, 0.25) is 0 Å². The van der Waals surface area contributed by atoms with Gasteiger partial charge >= 0.3 is 0 Å². The first-order chi connectivity index (χ1) is 8.70. The lowest BCUT2D eigenvalue weighted by molar-refractivity contribution is 0.638. The Morgan fingerprint density at radius 1 is 0.667 bits per heavy atom. The highest BCUT2D eigenvalue weighted by atomic mass is 31.1. The number of hydrogen-bond donors (Lipinski definition) is 0. The van der Waals surface area contributed by atoms with Crippen LogP contribution in [0, 0.1) is 5.92 Å². The van der Waals surface area contributed by atoms with Gasteiger partial charge in [0.05, 0.1) is 0 Å². The van der Waals surface area contributed by atoms with Crippen LogP contribution in [0.4, 0.5) is 0 Å². The Balaban J connectivity index is 2.42. The van der Waals surface area contributed by atoms with Crippen LogP contribution in [0.3, 0.4) is 0 Å². The minimum atomic E-state index is -0.252. The van der Waals surface area contributed by atoms with Gasteiger partial charge in [0.1, 0.15) is 0 Å². The first-order valence-corrected chi connectivity index (χ1v) is 8.00. The summed E-state index contributed by atoms with van der Waals surface area (Å²) < 4.78 is 0. The molecule has 0 aliphatic carbocycles. The molecular formula is C17H21P. The van der Waals surface area contributed by atoms with Gasteiger partial charge in [-0.3, -0.25) is 0 Å². The molecule has 0 aromatic heterocycles. The van der Waals surface area contributed by atoms with Crippen LogP contribution in [0.15, 0.2) is 60.7 Å². The van der Waals surface area contributed by atoms with Crippen molar-refractivity contribution in [2.75, 3.05) is 0 Å². The molecule has 0 aliphatic rings. The average molecular weight is 256 g/mol. The summed E-state index contributed by atoms with van der Waals surface area (Å²) >= 11 is 0. The van der Waals surface area contributed by atoms with Crippen LogP contribution in [0.25, 0.3) is 0 Å². The Kier molecular flexibility index (Phi) is 4.55. The monoisotopic (exact) mass is 256 g/mol. The van der Waals surface area contributed by atoms with Crippen molar-refractivity contribution in [2.24, 2.45) is 5.92 Å². The molecule has 18 heavy (non-hydrogen) atoms. The van der Waals surface area contributed by atoms with Crippen molar-refractivity contribution < 1.29 is 0 Å². The van der Waals surface area contributed by atoms with E-state index in [-0.39, 0.29) is 7.92 Å². The van der Waals surface area contributed by atoms with Crippen LogP contribution in [-0.4, -0.2) is 5.66 Å². The molecule has 0 nitrogen and oxygen atoms in total. The highest BCUT2D eigenvalue weighted by molar-refractivity contribution is 7.73. The topological polar surface area (TPSA) is 0 Å². The summed E-state index contributed by atoms with van der Waals surface area (Å²) in [5.74, 6) is 0.705. The van der Waals surface area contributed by atoms with Crippen molar-refractivity contribution in [1.82, 2.24) is 0 Å². The molecule has 1 heteroatoms. The zero-order chi connectivity index (χ0) is 13.0. The van der Waals surface area contributed by atoms with Crippen LogP contribution < -0.4 is 10.6 Å². The molecule has 0 heterocycles. The number of benzene rings is 2. The largest absolute Gasteiger partial charge is 0.0622 e. The molecule has 0 radical (unpaired) electrons. The highest BCUT2D eigenvalue weighted by Gasteiger charge is 2.22. The van der Waals surface area contributed by atoms with Gasteiger partial charge in [0.15, 0.2) is 0 Å². The first kappa shape index (κ1) is 13.3. The fourth-order valence-corrected chi connectivity index (χ4v) is 4.92. The van der Waals surface area contributed by atoms with Crippen molar-refractivity contribution in [2.45, 2.75) is 26.4 Å². The minimum Gasteiger partial charge on any atom is -0.0622 e. The quantitative estimate of drug-likeness (QED) is 0.720. The van der Waals surface area contributed by atoms with E-state index in [1.54, 1.807) is 0 Å². The van der Waals surface area contributed by atoms with Gasteiger partial charge < -0.3 is 0 Å². The van der Waals surface area contributed by atoms with Gasteiger partial charge in [-0.25, -0.2) is 0 Å². The van der Waals surface area contributed by atoms with Crippen LogP contribution in [0.1, 0.15) is 20.8 Å². The molecule has 0 amide bonds. The summed E-state index contributed by atoms with van der Waals surface area (Å²) in [5.41, 5.74) is 0.699. The van der Waals surface area contributed by atoms with Crippen LogP contribution in [0.2, 0.25) is 0 Å².